The van der Waals surface area contributed by atoms with Gasteiger partial charge in [-0.2, -0.15) is 0 Å². The van der Waals surface area contributed by atoms with E-state index in [9.17, 15) is 4.79 Å². The molecule has 0 fully saturated rings. The number of benzene rings is 1. The maximum Gasteiger partial charge on any atom is 0.270 e. The van der Waals surface area contributed by atoms with Crippen LogP contribution in [-0.2, 0) is 6.54 Å². The van der Waals surface area contributed by atoms with E-state index in [4.69, 9.17) is 0 Å². The minimum absolute atomic E-state index is 0.175. The largest absolute Gasteiger partial charge is 0.380 e. The number of anilines is 1. The standard InChI is InChI=1S/C17H19N3O/c1-3-10-18-15-8-9-16(19-12-15)17(21)20-11-14-6-4-13(2)5-7-14/h3-9,12,18H,1,10-11H2,2H3,(H,20,21). The Labute approximate surface area is 124 Å². The first kappa shape index (κ1) is 14.8. The molecule has 2 rings (SSSR count). The summed E-state index contributed by atoms with van der Waals surface area (Å²) in [5, 5.41) is 5.97. The van der Waals surface area contributed by atoms with Gasteiger partial charge >= 0.3 is 0 Å². The first-order valence-corrected chi connectivity index (χ1v) is 6.83. The van der Waals surface area contributed by atoms with E-state index >= 15 is 0 Å². The number of nitrogens with one attached hydrogen (secondary N) is 2. The van der Waals surface area contributed by atoms with Crippen molar-refractivity contribution in [2.24, 2.45) is 0 Å². The van der Waals surface area contributed by atoms with Crippen LogP contribution in [0, 0.1) is 6.92 Å². The lowest BCUT2D eigenvalue weighted by molar-refractivity contribution is 0.0946. The molecule has 2 aromatic rings. The summed E-state index contributed by atoms with van der Waals surface area (Å²) in [7, 11) is 0. The van der Waals surface area contributed by atoms with E-state index in [1.165, 1.54) is 5.56 Å². The van der Waals surface area contributed by atoms with Gasteiger partial charge in [0.05, 0.1) is 11.9 Å². The first-order valence-electron chi connectivity index (χ1n) is 6.83. The fourth-order valence-electron chi connectivity index (χ4n) is 1.80. The third-order valence-electron chi connectivity index (χ3n) is 3.02. The lowest BCUT2D eigenvalue weighted by atomic mass is 10.1. The van der Waals surface area contributed by atoms with Gasteiger partial charge in [0.1, 0.15) is 5.69 Å². The Bertz CT molecular complexity index is 603. The number of pyridine rings is 1. The second kappa shape index (κ2) is 7.24. The van der Waals surface area contributed by atoms with Gasteiger partial charge in [0.15, 0.2) is 0 Å². The van der Waals surface area contributed by atoms with E-state index in [0.717, 1.165) is 11.3 Å². The van der Waals surface area contributed by atoms with E-state index < -0.39 is 0 Å². The highest BCUT2D eigenvalue weighted by Gasteiger charge is 2.06. The quantitative estimate of drug-likeness (QED) is 0.800. The summed E-state index contributed by atoms with van der Waals surface area (Å²) in [4.78, 5) is 16.1. The number of hydrogen-bond donors (Lipinski definition) is 2. The summed E-state index contributed by atoms with van der Waals surface area (Å²) in [5.74, 6) is -0.175. The van der Waals surface area contributed by atoms with Crippen LogP contribution >= 0.6 is 0 Å². The summed E-state index contributed by atoms with van der Waals surface area (Å²) in [6.07, 6.45) is 3.41. The molecule has 0 saturated carbocycles. The minimum atomic E-state index is -0.175. The molecule has 0 bridgehead atoms. The molecule has 0 spiro atoms. The molecule has 4 nitrogen and oxygen atoms in total. The number of carbonyl (C=O) groups excluding carboxylic acids is 1. The molecule has 0 atom stereocenters. The SMILES string of the molecule is C=CCNc1ccc(C(=O)NCc2ccc(C)cc2)nc1. The van der Waals surface area contributed by atoms with Gasteiger partial charge in [0.25, 0.3) is 5.91 Å². The highest BCUT2D eigenvalue weighted by molar-refractivity contribution is 5.92. The van der Waals surface area contributed by atoms with Crippen molar-refractivity contribution in [2.75, 3.05) is 11.9 Å². The molecule has 0 aliphatic rings. The van der Waals surface area contributed by atoms with Crippen molar-refractivity contribution in [1.82, 2.24) is 10.3 Å². The molecular formula is C17H19N3O. The molecule has 1 aromatic heterocycles. The molecule has 1 heterocycles. The highest BCUT2D eigenvalue weighted by Crippen LogP contribution is 2.07. The Hall–Kier alpha value is -2.62. The van der Waals surface area contributed by atoms with Crippen molar-refractivity contribution in [3.8, 4) is 0 Å². The Morgan fingerprint density at radius 3 is 2.62 bits per heavy atom. The maximum atomic E-state index is 12.0. The minimum Gasteiger partial charge on any atom is -0.380 e. The molecule has 21 heavy (non-hydrogen) atoms. The number of hydrogen-bond acceptors (Lipinski definition) is 3. The number of aromatic nitrogens is 1. The molecule has 1 aromatic carbocycles. The average molecular weight is 281 g/mol. The maximum absolute atomic E-state index is 12.0. The normalized spacial score (nSPS) is 9.95. The molecule has 1 amide bonds. The lowest BCUT2D eigenvalue weighted by Gasteiger charge is -2.07. The average Bonchev–Trinajstić information content (AvgIpc) is 2.52. The van der Waals surface area contributed by atoms with E-state index in [0.29, 0.717) is 18.8 Å². The Kier molecular flexibility index (Phi) is 5.10. The molecule has 0 unspecified atom stereocenters. The van der Waals surface area contributed by atoms with Gasteiger partial charge in [-0.3, -0.25) is 4.79 Å². The lowest BCUT2D eigenvalue weighted by Crippen LogP contribution is -2.23. The summed E-state index contributed by atoms with van der Waals surface area (Å²) < 4.78 is 0. The smallest absolute Gasteiger partial charge is 0.270 e. The molecule has 0 radical (unpaired) electrons. The van der Waals surface area contributed by atoms with Crippen LogP contribution in [0.25, 0.3) is 0 Å². The summed E-state index contributed by atoms with van der Waals surface area (Å²) in [5.41, 5.74) is 3.55. The predicted octanol–water partition coefficient (Wildman–Crippen LogP) is 2.92. The third-order valence-corrected chi connectivity index (χ3v) is 3.02. The van der Waals surface area contributed by atoms with Crippen LogP contribution in [0.15, 0.2) is 55.3 Å². The molecule has 2 N–H and O–H groups in total. The molecule has 0 aliphatic heterocycles. The van der Waals surface area contributed by atoms with Gasteiger partial charge in [-0.1, -0.05) is 35.9 Å². The van der Waals surface area contributed by atoms with Crippen LogP contribution in [0.1, 0.15) is 21.6 Å². The van der Waals surface area contributed by atoms with Gasteiger partial charge in [0, 0.05) is 13.1 Å². The Morgan fingerprint density at radius 1 is 1.24 bits per heavy atom. The van der Waals surface area contributed by atoms with E-state index in [1.54, 1.807) is 18.3 Å². The van der Waals surface area contributed by atoms with E-state index in [-0.39, 0.29) is 5.91 Å². The fourth-order valence-corrected chi connectivity index (χ4v) is 1.80. The van der Waals surface area contributed by atoms with Crippen LogP contribution in [0.4, 0.5) is 5.69 Å². The van der Waals surface area contributed by atoms with E-state index in [1.807, 2.05) is 37.3 Å². The van der Waals surface area contributed by atoms with Crippen molar-refractivity contribution in [2.45, 2.75) is 13.5 Å². The van der Waals surface area contributed by atoms with Crippen LogP contribution in [0.3, 0.4) is 0 Å². The van der Waals surface area contributed by atoms with Crippen LogP contribution < -0.4 is 10.6 Å². The van der Waals surface area contributed by atoms with Crippen LogP contribution in [0.2, 0.25) is 0 Å². The predicted molar refractivity (Wildman–Crippen MR) is 85.3 cm³/mol. The van der Waals surface area contributed by atoms with Crippen molar-refractivity contribution in [3.05, 3.63) is 72.1 Å². The molecular weight excluding hydrogens is 262 g/mol. The van der Waals surface area contributed by atoms with Gasteiger partial charge < -0.3 is 10.6 Å². The summed E-state index contributed by atoms with van der Waals surface area (Å²) in [6.45, 7) is 6.83. The van der Waals surface area contributed by atoms with Gasteiger partial charge in [-0.05, 0) is 24.6 Å². The van der Waals surface area contributed by atoms with Crippen molar-refractivity contribution < 1.29 is 4.79 Å². The van der Waals surface area contributed by atoms with Gasteiger partial charge in [-0.25, -0.2) is 4.98 Å². The first-order chi connectivity index (χ1) is 10.2. The Balaban J connectivity index is 1.90. The fraction of sp³-hybridized carbons (Fsp3) is 0.176. The number of carbonyl (C=O) groups is 1. The number of amides is 1. The third kappa shape index (κ3) is 4.45. The van der Waals surface area contributed by atoms with Crippen LogP contribution in [0.5, 0.6) is 0 Å². The number of nitrogens with zero attached hydrogens (tertiary/aromatic N) is 1. The van der Waals surface area contributed by atoms with Crippen molar-refractivity contribution in [1.29, 1.82) is 0 Å². The zero-order chi connectivity index (χ0) is 15.1. The molecule has 0 aliphatic carbocycles. The van der Waals surface area contributed by atoms with Crippen molar-refractivity contribution in [3.63, 3.8) is 0 Å². The molecule has 4 heteroatoms. The van der Waals surface area contributed by atoms with Crippen molar-refractivity contribution >= 4 is 11.6 Å². The second-order valence-electron chi connectivity index (χ2n) is 4.77. The topological polar surface area (TPSA) is 54.0 Å². The second-order valence-corrected chi connectivity index (χ2v) is 4.77. The summed E-state index contributed by atoms with van der Waals surface area (Å²) in [6, 6.07) is 11.6. The summed E-state index contributed by atoms with van der Waals surface area (Å²) >= 11 is 0. The Morgan fingerprint density at radius 2 is 2.00 bits per heavy atom. The molecule has 0 saturated heterocycles. The monoisotopic (exact) mass is 281 g/mol. The molecule has 108 valence electrons. The van der Waals surface area contributed by atoms with Gasteiger partial charge in [0.2, 0.25) is 0 Å². The zero-order valence-corrected chi connectivity index (χ0v) is 12.1. The van der Waals surface area contributed by atoms with E-state index in [2.05, 4.69) is 22.2 Å². The van der Waals surface area contributed by atoms with Gasteiger partial charge in [-0.15, -0.1) is 6.58 Å². The zero-order valence-electron chi connectivity index (χ0n) is 12.1. The number of rotatable bonds is 6. The van der Waals surface area contributed by atoms with Crippen LogP contribution in [-0.4, -0.2) is 17.4 Å². The highest BCUT2D eigenvalue weighted by atomic mass is 16.1. The number of aryl methyl sites for hydroxylation is 1.